The second-order valence-electron chi connectivity index (χ2n) is 4.28. The van der Waals surface area contributed by atoms with Gasteiger partial charge >= 0.3 is 0 Å². The number of anilines is 1. The molecule has 0 spiro atoms. The van der Waals surface area contributed by atoms with Crippen LogP contribution in [0.5, 0.6) is 0 Å². The summed E-state index contributed by atoms with van der Waals surface area (Å²) < 4.78 is 7.63. The number of imidazole rings is 1. The molecule has 1 fully saturated rings. The molecule has 15 heavy (non-hydrogen) atoms. The summed E-state index contributed by atoms with van der Waals surface area (Å²) in [5.74, 6) is 0.977. The molecule has 0 radical (unpaired) electrons. The molecule has 1 saturated carbocycles. The molecule has 1 N–H and O–H groups in total. The predicted octanol–water partition coefficient (Wildman–Crippen LogP) is 1.88. The summed E-state index contributed by atoms with van der Waals surface area (Å²) in [5.41, 5.74) is 0. The van der Waals surface area contributed by atoms with Gasteiger partial charge in [-0.05, 0) is 26.7 Å². The Kier molecular flexibility index (Phi) is 3.26. The maximum absolute atomic E-state index is 5.51. The van der Waals surface area contributed by atoms with E-state index in [0.717, 1.165) is 19.1 Å². The third-order valence-electron chi connectivity index (χ3n) is 2.41. The Bertz CT molecular complexity index is 305. The number of nitrogens with one attached hydrogen (secondary N) is 1. The first-order valence-corrected chi connectivity index (χ1v) is 5.65. The van der Waals surface area contributed by atoms with Crippen LogP contribution in [0.2, 0.25) is 0 Å². The van der Waals surface area contributed by atoms with Crippen LogP contribution in [0.4, 0.5) is 5.95 Å². The first-order valence-electron chi connectivity index (χ1n) is 5.65. The Morgan fingerprint density at radius 3 is 3.07 bits per heavy atom. The van der Waals surface area contributed by atoms with Gasteiger partial charge in [0.1, 0.15) is 0 Å². The minimum atomic E-state index is 0.299. The molecule has 1 aromatic heterocycles. The molecule has 0 aliphatic heterocycles. The molecule has 0 bridgehead atoms. The summed E-state index contributed by atoms with van der Waals surface area (Å²) in [5, 5.41) is 3.40. The number of aromatic nitrogens is 2. The molecule has 1 aliphatic rings. The predicted molar refractivity (Wildman–Crippen MR) is 60.0 cm³/mol. The lowest BCUT2D eigenvalue weighted by atomic mass is 10.5. The maximum atomic E-state index is 5.51. The van der Waals surface area contributed by atoms with E-state index in [1.54, 1.807) is 0 Å². The van der Waals surface area contributed by atoms with E-state index in [1.165, 1.54) is 12.8 Å². The lowest BCUT2D eigenvalue weighted by molar-refractivity contribution is 0.0730. The van der Waals surface area contributed by atoms with Crippen LogP contribution < -0.4 is 5.32 Å². The van der Waals surface area contributed by atoms with Crippen LogP contribution in [0.25, 0.3) is 0 Å². The van der Waals surface area contributed by atoms with Gasteiger partial charge in [0, 0.05) is 25.0 Å². The summed E-state index contributed by atoms with van der Waals surface area (Å²) in [7, 11) is 0. The zero-order chi connectivity index (χ0) is 10.7. The van der Waals surface area contributed by atoms with E-state index in [0.29, 0.717) is 12.1 Å². The molecule has 1 aromatic rings. The molecule has 0 atom stereocenters. The number of hydrogen-bond acceptors (Lipinski definition) is 3. The van der Waals surface area contributed by atoms with Crippen molar-refractivity contribution in [1.82, 2.24) is 9.55 Å². The average Bonchev–Trinajstić information content (AvgIpc) is 2.87. The molecule has 0 saturated heterocycles. The van der Waals surface area contributed by atoms with Crippen LogP contribution in [0.1, 0.15) is 26.7 Å². The van der Waals surface area contributed by atoms with Gasteiger partial charge in [0.05, 0.1) is 12.7 Å². The van der Waals surface area contributed by atoms with E-state index >= 15 is 0 Å². The van der Waals surface area contributed by atoms with Gasteiger partial charge in [-0.1, -0.05) is 0 Å². The Hall–Kier alpha value is -1.03. The summed E-state index contributed by atoms with van der Waals surface area (Å²) in [6, 6.07) is 0.650. The monoisotopic (exact) mass is 209 g/mol. The number of nitrogens with zero attached hydrogens (tertiary/aromatic N) is 2. The largest absolute Gasteiger partial charge is 0.377 e. The molecule has 0 aromatic carbocycles. The first kappa shape index (κ1) is 10.5. The van der Waals surface area contributed by atoms with E-state index in [2.05, 4.69) is 28.7 Å². The fourth-order valence-corrected chi connectivity index (χ4v) is 1.43. The molecule has 2 rings (SSSR count). The Balaban J connectivity index is 1.81. The lowest BCUT2D eigenvalue weighted by Gasteiger charge is -2.11. The minimum absolute atomic E-state index is 0.299. The van der Waals surface area contributed by atoms with Crippen molar-refractivity contribution < 1.29 is 4.74 Å². The number of rotatable bonds is 6. The summed E-state index contributed by atoms with van der Waals surface area (Å²) in [4.78, 5) is 4.29. The highest BCUT2D eigenvalue weighted by molar-refractivity contribution is 5.29. The van der Waals surface area contributed by atoms with Crippen LogP contribution in [-0.2, 0) is 11.3 Å². The third kappa shape index (κ3) is 3.23. The fourth-order valence-electron chi connectivity index (χ4n) is 1.43. The van der Waals surface area contributed by atoms with Gasteiger partial charge in [-0.25, -0.2) is 4.98 Å². The Labute approximate surface area is 90.6 Å². The highest BCUT2D eigenvalue weighted by Gasteiger charge is 2.22. The van der Waals surface area contributed by atoms with E-state index in [-0.39, 0.29) is 0 Å². The smallest absolute Gasteiger partial charge is 0.203 e. The van der Waals surface area contributed by atoms with Crippen molar-refractivity contribution in [3.05, 3.63) is 12.4 Å². The van der Waals surface area contributed by atoms with Crippen LogP contribution >= 0.6 is 0 Å². The summed E-state index contributed by atoms with van der Waals surface area (Å²) in [6.07, 6.45) is 6.67. The van der Waals surface area contributed by atoms with Gasteiger partial charge < -0.3 is 14.6 Å². The molecule has 84 valence electrons. The third-order valence-corrected chi connectivity index (χ3v) is 2.41. The van der Waals surface area contributed by atoms with Crippen molar-refractivity contribution in [2.24, 2.45) is 0 Å². The summed E-state index contributed by atoms with van der Waals surface area (Å²) in [6.45, 7) is 5.72. The Morgan fingerprint density at radius 2 is 2.40 bits per heavy atom. The van der Waals surface area contributed by atoms with Crippen LogP contribution in [-0.4, -0.2) is 28.3 Å². The highest BCUT2D eigenvalue weighted by Crippen LogP contribution is 2.23. The van der Waals surface area contributed by atoms with Gasteiger partial charge in [-0.2, -0.15) is 0 Å². The normalized spacial score (nSPS) is 15.9. The fraction of sp³-hybridized carbons (Fsp3) is 0.727. The van der Waals surface area contributed by atoms with Crippen molar-refractivity contribution in [2.75, 3.05) is 11.9 Å². The lowest BCUT2D eigenvalue weighted by Crippen LogP contribution is -2.13. The average molecular weight is 209 g/mol. The van der Waals surface area contributed by atoms with Crippen molar-refractivity contribution >= 4 is 5.95 Å². The van der Waals surface area contributed by atoms with Crippen molar-refractivity contribution in [3.8, 4) is 0 Å². The molecule has 0 unspecified atom stereocenters. The SMILES string of the molecule is CC(C)OCCn1ccnc1NC1CC1. The first-order chi connectivity index (χ1) is 7.25. The van der Waals surface area contributed by atoms with Crippen LogP contribution in [0, 0.1) is 0 Å². The standard InChI is InChI=1S/C11H19N3O/c1-9(2)15-8-7-14-6-5-12-11(14)13-10-3-4-10/h5-6,9-10H,3-4,7-8H2,1-2H3,(H,12,13). The van der Waals surface area contributed by atoms with E-state index in [9.17, 15) is 0 Å². The molecule has 1 aliphatic carbocycles. The van der Waals surface area contributed by atoms with Gasteiger partial charge in [0.25, 0.3) is 0 Å². The minimum Gasteiger partial charge on any atom is -0.377 e. The topological polar surface area (TPSA) is 39.1 Å². The van der Waals surface area contributed by atoms with E-state index in [4.69, 9.17) is 4.74 Å². The van der Waals surface area contributed by atoms with Gasteiger partial charge in [-0.3, -0.25) is 0 Å². The van der Waals surface area contributed by atoms with Crippen molar-refractivity contribution in [1.29, 1.82) is 0 Å². The quantitative estimate of drug-likeness (QED) is 0.777. The van der Waals surface area contributed by atoms with Crippen molar-refractivity contribution in [2.45, 2.75) is 45.4 Å². The van der Waals surface area contributed by atoms with Crippen LogP contribution in [0.3, 0.4) is 0 Å². The van der Waals surface area contributed by atoms with Gasteiger partial charge in [-0.15, -0.1) is 0 Å². The van der Waals surface area contributed by atoms with Crippen molar-refractivity contribution in [3.63, 3.8) is 0 Å². The Morgan fingerprint density at radius 1 is 1.60 bits per heavy atom. The highest BCUT2D eigenvalue weighted by atomic mass is 16.5. The van der Waals surface area contributed by atoms with Gasteiger partial charge in [0.15, 0.2) is 0 Å². The summed E-state index contributed by atoms with van der Waals surface area (Å²) >= 11 is 0. The molecule has 1 heterocycles. The molecule has 4 nitrogen and oxygen atoms in total. The molecule has 0 amide bonds. The second kappa shape index (κ2) is 4.66. The zero-order valence-electron chi connectivity index (χ0n) is 9.44. The molecule has 4 heteroatoms. The molecular weight excluding hydrogens is 190 g/mol. The maximum Gasteiger partial charge on any atom is 0.203 e. The van der Waals surface area contributed by atoms with Crippen LogP contribution in [0.15, 0.2) is 12.4 Å². The molecular formula is C11H19N3O. The van der Waals surface area contributed by atoms with Gasteiger partial charge in [0.2, 0.25) is 5.95 Å². The zero-order valence-corrected chi connectivity index (χ0v) is 9.44. The van der Waals surface area contributed by atoms with E-state index < -0.39 is 0 Å². The number of hydrogen-bond donors (Lipinski definition) is 1. The van der Waals surface area contributed by atoms with E-state index in [1.807, 2.05) is 12.4 Å². The number of ether oxygens (including phenoxy) is 1. The second-order valence-corrected chi connectivity index (χ2v) is 4.28.